The first-order chi connectivity index (χ1) is 8.42. The fourth-order valence-electron chi connectivity index (χ4n) is 3.93. The van der Waals surface area contributed by atoms with Crippen molar-refractivity contribution in [1.29, 1.82) is 0 Å². The minimum absolute atomic E-state index is 0.931. The van der Waals surface area contributed by atoms with Crippen molar-refractivity contribution in [2.24, 2.45) is 17.8 Å². The minimum Gasteiger partial charge on any atom is -0.0882 e. The first kappa shape index (κ1) is 11.3. The molecular weight excluding hydrogens is 204 g/mol. The number of rotatable bonds is 2. The highest BCUT2D eigenvalue weighted by Crippen LogP contribution is 2.42. The fraction of sp³-hybridized carbons (Fsp3) is 0.647. The maximum absolute atomic E-state index is 2.51. The molecule has 0 aliphatic heterocycles. The second-order valence-electron chi connectivity index (χ2n) is 6.10. The molecule has 0 aromatic carbocycles. The first-order valence-electron chi connectivity index (χ1n) is 7.43. The summed E-state index contributed by atoms with van der Waals surface area (Å²) in [5, 5.41) is 0. The van der Waals surface area contributed by atoms with Gasteiger partial charge >= 0.3 is 0 Å². The van der Waals surface area contributed by atoms with E-state index in [0.717, 1.165) is 17.8 Å². The van der Waals surface area contributed by atoms with Gasteiger partial charge in [-0.05, 0) is 69.1 Å². The molecule has 0 bridgehead atoms. The van der Waals surface area contributed by atoms with Gasteiger partial charge in [0.2, 0.25) is 0 Å². The van der Waals surface area contributed by atoms with E-state index >= 15 is 0 Å². The van der Waals surface area contributed by atoms with E-state index in [9.17, 15) is 0 Å². The Balaban J connectivity index is 1.57. The van der Waals surface area contributed by atoms with Gasteiger partial charge in [0, 0.05) is 0 Å². The van der Waals surface area contributed by atoms with Gasteiger partial charge in [-0.15, -0.1) is 0 Å². The Hall–Kier alpha value is -0.780. The zero-order valence-electron chi connectivity index (χ0n) is 10.8. The van der Waals surface area contributed by atoms with E-state index in [0.29, 0.717) is 0 Å². The molecule has 3 aliphatic rings. The Kier molecular flexibility index (Phi) is 3.49. The molecule has 0 heterocycles. The summed E-state index contributed by atoms with van der Waals surface area (Å²) in [6, 6.07) is 0. The second-order valence-corrected chi connectivity index (χ2v) is 6.10. The SMILES string of the molecule is C1=CCCC(CC2CCC3C=CCCC3C2)=C1. The van der Waals surface area contributed by atoms with Crippen LogP contribution in [0.3, 0.4) is 0 Å². The lowest BCUT2D eigenvalue weighted by molar-refractivity contribution is 0.195. The lowest BCUT2D eigenvalue weighted by Crippen LogP contribution is -2.25. The van der Waals surface area contributed by atoms with Gasteiger partial charge in [-0.25, -0.2) is 0 Å². The van der Waals surface area contributed by atoms with Crippen molar-refractivity contribution in [3.8, 4) is 0 Å². The molecule has 3 unspecified atom stereocenters. The molecule has 0 nitrogen and oxygen atoms in total. The third-order valence-corrected chi connectivity index (χ3v) is 4.89. The van der Waals surface area contributed by atoms with Crippen LogP contribution in [0, 0.1) is 17.8 Å². The molecule has 3 aliphatic carbocycles. The van der Waals surface area contributed by atoms with Gasteiger partial charge < -0.3 is 0 Å². The summed E-state index contributed by atoms with van der Waals surface area (Å²) in [5.74, 6) is 2.93. The van der Waals surface area contributed by atoms with Crippen LogP contribution in [-0.4, -0.2) is 0 Å². The second kappa shape index (κ2) is 5.25. The summed E-state index contributed by atoms with van der Waals surface area (Å²) in [6.07, 6.45) is 23.0. The maximum atomic E-state index is 2.51. The summed E-state index contributed by atoms with van der Waals surface area (Å²) in [5.41, 5.74) is 1.71. The van der Waals surface area contributed by atoms with E-state index in [4.69, 9.17) is 0 Å². The molecule has 0 aromatic heterocycles. The van der Waals surface area contributed by atoms with Gasteiger partial charge in [-0.2, -0.15) is 0 Å². The van der Waals surface area contributed by atoms with Crippen LogP contribution in [0.4, 0.5) is 0 Å². The summed E-state index contributed by atoms with van der Waals surface area (Å²) in [6.45, 7) is 0. The molecule has 1 fully saturated rings. The summed E-state index contributed by atoms with van der Waals surface area (Å²) in [4.78, 5) is 0. The Labute approximate surface area is 105 Å². The van der Waals surface area contributed by atoms with E-state index < -0.39 is 0 Å². The van der Waals surface area contributed by atoms with E-state index in [2.05, 4.69) is 30.4 Å². The standard InChI is InChI=1S/C17H24/c1-2-6-14(7-3-1)12-15-10-11-16-8-4-5-9-17(16)13-15/h1-2,4,6,8,15-17H,3,5,7,9-13H2. The molecule has 0 spiro atoms. The van der Waals surface area contributed by atoms with Gasteiger partial charge in [-0.3, -0.25) is 0 Å². The van der Waals surface area contributed by atoms with Crippen LogP contribution in [0.5, 0.6) is 0 Å². The predicted octanol–water partition coefficient (Wildman–Crippen LogP) is 5.04. The number of hydrogen-bond donors (Lipinski definition) is 0. The van der Waals surface area contributed by atoms with Crippen LogP contribution in [0.25, 0.3) is 0 Å². The third kappa shape index (κ3) is 2.73. The molecule has 0 heteroatoms. The highest BCUT2D eigenvalue weighted by Gasteiger charge is 2.30. The van der Waals surface area contributed by atoms with Crippen LogP contribution in [0.1, 0.15) is 51.4 Å². The Bertz CT molecular complexity index is 345. The van der Waals surface area contributed by atoms with Crippen molar-refractivity contribution in [3.05, 3.63) is 36.0 Å². The zero-order valence-corrected chi connectivity index (χ0v) is 10.8. The Morgan fingerprint density at radius 3 is 2.94 bits per heavy atom. The third-order valence-electron chi connectivity index (χ3n) is 4.89. The molecule has 92 valence electrons. The number of fused-ring (bicyclic) bond motifs is 1. The molecule has 3 atom stereocenters. The van der Waals surface area contributed by atoms with Crippen LogP contribution < -0.4 is 0 Å². The lowest BCUT2D eigenvalue weighted by atomic mass is 9.68. The van der Waals surface area contributed by atoms with E-state index in [1.807, 2.05) is 0 Å². The van der Waals surface area contributed by atoms with Gasteiger partial charge in [-0.1, -0.05) is 36.0 Å². The monoisotopic (exact) mass is 228 g/mol. The largest absolute Gasteiger partial charge is 0.0882 e. The normalized spacial score (nSPS) is 36.5. The van der Waals surface area contributed by atoms with Gasteiger partial charge in [0.25, 0.3) is 0 Å². The maximum Gasteiger partial charge on any atom is -0.0205 e. The van der Waals surface area contributed by atoms with Crippen molar-refractivity contribution in [1.82, 2.24) is 0 Å². The molecule has 0 N–H and O–H groups in total. The van der Waals surface area contributed by atoms with Crippen molar-refractivity contribution >= 4 is 0 Å². The summed E-state index contributed by atoms with van der Waals surface area (Å²) in [7, 11) is 0. The molecule has 0 amide bonds. The van der Waals surface area contributed by atoms with E-state index in [1.165, 1.54) is 51.4 Å². The van der Waals surface area contributed by atoms with Crippen LogP contribution in [0.2, 0.25) is 0 Å². The minimum atomic E-state index is 0.931. The molecule has 3 rings (SSSR count). The first-order valence-corrected chi connectivity index (χ1v) is 7.43. The molecule has 1 saturated carbocycles. The van der Waals surface area contributed by atoms with Crippen molar-refractivity contribution in [2.45, 2.75) is 51.4 Å². The quantitative estimate of drug-likeness (QED) is 0.581. The van der Waals surface area contributed by atoms with Gasteiger partial charge in [0.15, 0.2) is 0 Å². The Morgan fingerprint density at radius 1 is 1.06 bits per heavy atom. The average Bonchev–Trinajstić information content (AvgIpc) is 2.40. The van der Waals surface area contributed by atoms with Gasteiger partial charge in [0.1, 0.15) is 0 Å². The van der Waals surface area contributed by atoms with Crippen LogP contribution in [0.15, 0.2) is 36.0 Å². The summed E-state index contributed by atoms with van der Waals surface area (Å²) < 4.78 is 0. The van der Waals surface area contributed by atoms with Gasteiger partial charge in [0.05, 0.1) is 0 Å². The van der Waals surface area contributed by atoms with Crippen LogP contribution >= 0.6 is 0 Å². The van der Waals surface area contributed by atoms with E-state index in [-0.39, 0.29) is 0 Å². The molecule has 0 radical (unpaired) electrons. The number of hydrogen-bond acceptors (Lipinski definition) is 0. The zero-order chi connectivity index (χ0) is 11.5. The fourth-order valence-corrected chi connectivity index (χ4v) is 3.93. The van der Waals surface area contributed by atoms with Crippen LogP contribution in [-0.2, 0) is 0 Å². The molecule has 0 saturated heterocycles. The molecule has 17 heavy (non-hydrogen) atoms. The average molecular weight is 228 g/mol. The molecule has 0 aromatic rings. The highest BCUT2D eigenvalue weighted by atomic mass is 14.3. The Morgan fingerprint density at radius 2 is 2.06 bits per heavy atom. The summed E-state index contributed by atoms with van der Waals surface area (Å²) >= 11 is 0. The number of allylic oxidation sites excluding steroid dienone is 6. The van der Waals surface area contributed by atoms with Crippen molar-refractivity contribution in [2.75, 3.05) is 0 Å². The highest BCUT2D eigenvalue weighted by molar-refractivity contribution is 5.18. The van der Waals surface area contributed by atoms with E-state index in [1.54, 1.807) is 5.57 Å². The predicted molar refractivity (Wildman–Crippen MR) is 73.8 cm³/mol. The van der Waals surface area contributed by atoms with Crippen molar-refractivity contribution in [3.63, 3.8) is 0 Å². The van der Waals surface area contributed by atoms with Crippen molar-refractivity contribution < 1.29 is 0 Å². The molecular formula is C17H24. The smallest absolute Gasteiger partial charge is 0.0205 e. The lowest BCUT2D eigenvalue weighted by Gasteiger charge is -2.37. The topological polar surface area (TPSA) is 0 Å².